The van der Waals surface area contributed by atoms with Crippen molar-refractivity contribution >= 4 is 19.9 Å². The van der Waals surface area contributed by atoms with E-state index in [0.29, 0.717) is 6.07 Å². The number of hydrogen-bond donors (Lipinski definition) is 1. The van der Waals surface area contributed by atoms with Crippen molar-refractivity contribution in [2.45, 2.75) is 9.79 Å². The van der Waals surface area contributed by atoms with Crippen LogP contribution in [0.25, 0.3) is 0 Å². The third kappa shape index (κ3) is 2.74. The van der Waals surface area contributed by atoms with Gasteiger partial charge in [-0.3, -0.25) is 0 Å². The predicted octanol–water partition coefficient (Wildman–Crippen LogP) is -0.123. The molecule has 0 fully saturated rings. The van der Waals surface area contributed by atoms with E-state index in [2.05, 4.69) is 0 Å². The van der Waals surface area contributed by atoms with Crippen LogP contribution in [0.1, 0.15) is 0 Å². The summed E-state index contributed by atoms with van der Waals surface area (Å²) in [7, 11) is -7.84. The predicted molar refractivity (Wildman–Crippen MR) is 50.9 cm³/mol. The van der Waals surface area contributed by atoms with E-state index in [0.717, 1.165) is 18.4 Å². The average Bonchev–Trinajstić information content (AvgIpc) is 2.00. The smallest absolute Gasteiger partial charge is 0.225 e. The minimum Gasteiger partial charge on any atom is -0.225 e. The molecule has 15 heavy (non-hydrogen) atoms. The number of hydrogen-bond acceptors (Lipinski definition) is 4. The molecule has 0 aliphatic rings. The van der Waals surface area contributed by atoms with E-state index in [4.69, 9.17) is 5.14 Å². The Morgan fingerprint density at radius 1 is 1.20 bits per heavy atom. The maximum Gasteiger partial charge on any atom is 0.241 e. The van der Waals surface area contributed by atoms with Gasteiger partial charge in [0.2, 0.25) is 10.0 Å². The van der Waals surface area contributed by atoms with Gasteiger partial charge in [0.05, 0.1) is 4.90 Å². The highest BCUT2D eigenvalue weighted by atomic mass is 32.2. The van der Waals surface area contributed by atoms with E-state index in [9.17, 15) is 21.2 Å². The van der Waals surface area contributed by atoms with Crippen molar-refractivity contribution in [2.24, 2.45) is 5.14 Å². The van der Waals surface area contributed by atoms with E-state index in [-0.39, 0.29) is 4.90 Å². The zero-order valence-electron chi connectivity index (χ0n) is 7.64. The maximum absolute atomic E-state index is 13.0. The molecule has 2 N–H and O–H groups in total. The lowest BCUT2D eigenvalue weighted by molar-refractivity contribution is 0.565. The van der Waals surface area contributed by atoms with Crippen molar-refractivity contribution in [3.63, 3.8) is 0 Å². The van der Waals surface area contributed by atoms with Gasteiger partial charge in [0.25, 0.3) is 0 Å². The summed E-state index contributed by atoms with van der Waals surface area (Å²) in [5, 5.41) is 4.71. The lowest BCUT2D eigenvalue weighted by Gasteiger charge is -2.03. The maximum atomic E-state index is 13.0. The molecule has 0 aliphatic carbocycles. The van der Waals surface area contributed by atoms with Gasteiger partial charge in [0.15, 0.2) is 9.84 Å². The second-order valence-corrected chi connectivity index (χ2v) is 6.45. The number of rotatable bonds is 2. The van der Waals surface area contributed by atoms with Crippen molar-refractivity contribution in [2.75, 3.05) is 6.26 Å². The highest BCUT2D eigenvalue weighted by Crippen LogP contribution is 2.18. The van der Waals surface area contributed by atoms with Crippen molar-refractivity contribution in [3.8, 4) is 0 Å². The second kappa shape index (κ2) is 3.54. The molecule has 0 heterocycles. The number of benzene rings is 1. The van der Waals surface area contributed by atoms with Crippen LogP contribution in [0.3, 0.4) is 0 Å². The molecule has 0 bridgehead atoms. The van der Waals surface area contributed by atoms with Crippen LogP contribution in [-0.2, 0) is 19.9 Å². The second-order valence-electron chi connectivity index (χ2n) is 2.91. The summed E-state index contributed by atoms with van der Waals surface area (Å²) in [5.74, 6) is -1.08. The molecule has 1 rings (SSSR count). The number of primary sulfonamides is 1. The molecule has 84 valence electrons. The molecular weight excluding hydrogens is 245 g/mol. The molecule has 0 radical (unpaired) electrons. The van der Waals surface area contributed by atoms with Gasteiger partial charge in [-0.1, -0.05) is 0 Å². The quantitative estimate of drug-likeness (QED) is 0.743. The fraction of sp³-hybridized carbons (Fsp3) is 0.143. The summed E-state index contributed by atoms with van der Waals surface area (Å²) in [4.78, 5) is -1.13. The Morgan fingerprint density at radius 2 is 1.73 bits per heavy atom. The molecule has 0 saturated heterocycles. The van der Waals surface area contributed by atoms with Gasteiger partial charge < -0.3 is 0 Å². The van der Waals surface area contributed by atoms with Gasteiger partial charge in [-0.25, -0.2) is 26.4 Å². The Labute approximate surface area is 86.7 Å². The Morgan fingerprint density at radius 3 is 2.13 bits per heavy atom. The first-order valence-electron chi connectivity index (χ1n) is 3.65. The Kier molecular flexibility index (Phi) is 2.85. The van der Waals surface area contributed by atoms with Crippen molar-refractivity contribution in [1.82, 2.24) is 0 Å². The van der Waals surface area contributed by atoms with E-state index in [1.54, 1.807) is 0 Å². The molecule has 5 nitrogen and oxygen atoms in total. The Balaban J connectivity index is 3.57. The van der Waals surface area contributed by atoms with E-state index in [1.807, 2.05) is 0 Å². The molecule has 0 spiro atoms. The first kappa shape index (κ1) is 12.1. The van der Waals surface area contributed by atoms with Gasteiger partial charge in [0.1, 0.15) is 10.7 Å². The zero-order chi connectivity index (χ0) is 11.9. The summed E-state index contributed by atoms with van der Waals surface area (Å²) in [6.07, 6.45) is 0.882. The van der Waals surface area contributed by atoms with Crippen LogP contribution in [0.4, 0.5) is 4.39 Å². The number of halogens is 1. The van der Waals surface area contributed by atoms with Crippen molar-refractivity contribution < 1.29 is 21.2 Å². The number of sulfonamides is 1. The normalized spacial score (nSPS) is 12.7. The van der Waals surface area contributed by atoms with Crippen LogP contribution in [0, 0.1) is 5.82 Å². The fourth-order valence-electron chi connectivity index (χ4n) is 0.932. The summed E-state index contributed by atoms with van der Waals surface area (Å²) in [5.41, 5.74) is 0. The molecule has 0 saturated carbocycles. The van der Waals surface area contributed by atoms with Crippen LogP contribution >= 0.6 is 0 Å². The minimum absolute atomic E-state index is 0.298. The SMILES string of the molecule is CS(=O)(=O)c1ccc(F)c(S(N)(=O)=O)c1. The largest absolute Gasteiger partial charge is 0.241 e. The molecule has 1 aromatic carbocycles. The monoisotopic (exact) mass is 253 g/mol. The topological polar surface area (TPSA) is 94.3 Å². The third-order valence-electron chi connectivity index (χ3n) is 1.64. The van der Waals surface area contributed by atoms with Crippen LogP contribution in [0.2, 0.25) is 0 Å². The van der Waals surface area contributed by atoms with E-state index < -0.39 is 30.6 Å². The third-order valence-corrected chi connectivity index (χ3v) is 3.67. The van der Waals surface area contributed by atoms with Gasteiger partial charge >= 0.3 is 0 Å². The molecule has 0 atom stereocenters. The van der Waals surface area contributed by atoms with Crippen molar-refractivity contribution in [3.05, 3.63) is 24.0 Å². The standard InChI is InChI=1S/C7H8FNO4S2/c1-14(10,11)5-2-3-6(8)7(4-5)15(9,12)13/h2-4H,1H3,(H2,9,12,13). The zero-order valence-corrected chi connectivity index (χ0v) is 9.27. The average molecular weight is 253 g/mol. The summed E-state index contributed by atoms with van der Waals surface area (Å²) in [6, 6.07) is 2.41. The molecule has 1 aromatic rings. The Bertz CT molecular complexity index is 591. The van der Waals surface area contributed by atoms with Crippen molar-refractivity contribution in [1.29, 1.82) is 0 Å². The van der Waals surface area contributed by atoms with Crippen LogP contribution in [-0.4, -0.2) is 23.1 Å². The van der Waals surface area contributed by atoms with Gasteiger partial charge in [-0.2, -0.15) is 0 Å². The minimum atomic E-state index is -4.26. The molecule has 0 unspecified atom stereocenters. The lowest BCUT2D eigenvalue weighted by atomic mass is 10.3. The summed E-state index contributed by atoms with van der Waals surface area (Å²) in [6.45, 7) is 0. The number of nitrogens with two attached hydrogens (primary N) is 1. The molecule has 0 aromatic heterocycles. The molecule has 8 heteroatoms. The van der Waals surface area contributed by atoms with Crippen LogP contribution in [0.15, 0.2) is 28.0 Å². The van der Waals surface area contributed by atoms with Crippen LogP contribution < -0.4 is 5.14 Å². The summed E-state index contributed by atoms with van der Waals surface area (Å²) < 4.78 is 56.9. The summed E-state index contributed by atoms with van der Waals surface area (Å²) >= 11 is 0. The van der Waals surface area contributed by atoms with Gasteiger partial charge in [-0.15, -0.1) is 0 Å². The first-order chi connectivity index (χ1) is 6.62. The highest BCUT2D eigenvalue weighted by Gasteiger charge is 2.18. The fourth-order valence-corrected chi connectivity index (χ4v) is 2.29. The molecular formula is C7H8FNO4S2. The molecule has 0 amide bonds. The van der Waals surface area contributed by atoms with E-state index >= 15 is 0 Å². The van der Waals surface area contributed by atoms with Gasteiger partial charge in [-0.05, 0) is 18.2 Å². The van der Waals surface area contributed by atoms with Gasteiger partial charge in [0, 0.05) is 6.26 Å². The van der Waals surface area contributed by atoms with Crippen LogP contribution in [0.5, 0.6) is 0 Å². The first-order valence-corrected chi connectivity index (χ1v) is 7.08. The lowest BCUT2D eigenvalue weighted by Crippen LogP contribution is -2.15. The molecule has 0 aliphatic heterocycles. The Hall–Kier alpha value is -0.990. The van der Waals surface area contributed by atoms with E-state index in [1.165, 1.54) is 0 Å². The number of sulfone groups is 1. The highest BCUT2D eigenvalue weighted by molar-refractivity contribution is 7.91.